The van der Waals surface area contributed by atoms with Gasteiger partial charge in [-0.15, -0.1) is 0 Å². The Hall–Kier alpha value is -0.873. The number of hydrogen-bond donors (Lipinski definition) is 0. The zero-order valence-corrected chi connectivity index (χ0v) is 16.8. The lowest BCUT2D eigenvalue weighted by atomic mass is 10.1. The Labute approximate surface area is 149 Å². The molecule has 2 aromatic rings. The van der Waals surface area contributed by atoms with E-state index in [1.807, 2.05) is 24.3 Å². The fourth-order valence-corrected chi connectivity index (χ4v) is 3.39. The maximum Gasteiger partial charge on any atom is 0.192 e. The van der Waals surface area contributed by atoms with Crippen LogP contribution in [0.25, 0.3) is 11.3 Å². The molecule has 1 aromatic carbocycles. The highest BCUT2D eigenvalue weighted by molar-refractivity contribution is 6.74. The van der Waals surface area contributed by atoms with Crippen molar-refractivity contribution in [2.45, 2.75) is 45.5 Å². The molecule has 124 valence electrons. The lowest BCUT2D eigenvalue weighted by Crippen LogP contribution is -2.40. The van der Waals surface area contributed by atoms with Gasteiger partial charge in [-0.05, 0) is 54.0 Å². The SMILES string of the molecule is CC(C)(C)[Si](C)(C)OCc1ccnc(-c2cc(Cl)cc(Cl)c2)c1. The van der Waals surface area contributed by atoms with Gasteiger partial charge in [-0.25, -0.2) is 0 Å². The van der Waals surface area contributed by atoms with Crippen LogP contribution in [-0.2, 0) is 11.0 Å². The summed E-state index contributed by atoms with van der Waals surface area (Å²) in [5, 5.41) is 1.41. The van der Waals surface area contributed by atoms with Crippen LogP contribution in [-0.4, -0.2) is 13.3 Å². The van der Waals surface area contributed by atoms with Crippen molar-refractivity contribution < 1.29 is 4.43 Å². The molecule has 2 nitrogen and oxygen atoms in total. The van der Waals surface area contributed by atoms with Gasteiger partial charge in [0.15, 0.2) is 8.32 Å². The topological polar surface area (TPSA) is 22.1 Å². The summed E-state index contributed by atoms with van der Waals surface area (Å²) in [4.78, 5) is 4.42. The quantitative estimate of drug-likeness (QED) is 0.569. The predicted molar refractivity (Wildman–Crippen MR) is 102 cm³/mol. The van der Waals surface area contributed by atoms with Crippen molar-refractivity contribution in [3.05, 3.63) is 52.1 Å². The minimum Gasteiger partial charge on any atom is -0.413 e. The first kappa shape index (κ1) is 18.5. The van der Waals surface area contributed by atoms with Crippen LogP contribution in [0.1, 0.15) is 26.3 Å². The summed E-state index contributed by atoms with van der Waals surface area (Å²) in [6, 6.07) is 9.48. The molecule has 0 unspecified atom stereocenters. The number of aromatic nitrogens is 1. The summed E-state index contributed by atoms with van der Waals surface area (Å²) in [5.74, 6) is 0. The van der Waals surface area contributed by atoms with E-state index >= 15 is 0 Å². The number of hydrogen-bond acceptors (Lipinski definition) is 2. The highest BCUT2D eigenvalue weighted by Gasteiger charge is 2.37. The van der Waals surface area contributed by atoms with Gasteiger partial charge in [0.25, 0.3) is 0 Å². The summed E-state index contributed by atoms with van der Waals surface area (Å²) < 4.78 is 6.28. The molecule has 0 radical (unpaired) electrons. The lowest BCUT2D eigenvalue weighted by Gasteiger charge is -2.36. The van der Waals surface area contributed by atoms with Crippen LogP contribution in [0.3, 0.4) is 0 Å². The van der Waals surface area contributed by atoms with E-state index in [-0.39, 0.29) is 5.04 Å². The molecule has 0 fully saturated rings. The third-order valence-electron chi connectivity index (χ3n) is 4.39. The van der Waals surface area contributed by atoms with Crippen LogP contribution in [0.15, 0.2) is 36.5 Å². The fourth-order valence-electron chi connectivity index (χ4n) is 1.90. The molecule has 1 aromatic heterocycles. The second-order valence-electron chi connectivity index (χ2n) is 7.26. The summed E-state index contributed by atoms with van der Waals surface area (Å²) in [7, 11) is -1.76. The Morgan fingerprint density at radius 1 is 1.04 bits per heavy atom. The molecule has 0 aliphatic heterocycles. The monoisotopic (exact) mass is 367 g/mol. The Kier molecular flexibility index (Phi) is 5.57. The van der Waals surface area contributed by atoms with Gasteiger partial charge in [0, 0.05) is 21.8 Å². The number of rotatable bonds is 4. The molecule has 0 amide bonds. The Bertz CT molecular complexity index is 675. The van der Waals surface area contributed by atoms with Crippen molar-refractivity contribution in [1.82, 2.24) is 4.98 Å². The van der Waals surface area contributed by atoms with Gasteiger partial charge in [0.05, 0.1) is 12.3 Å². The van der Waals surface area contributed by atoms with Crippen molar-refractivity contribution in [1.29, 1.82) is 0 Å². The summed E-state index contributed by atoms with van der Waals surface area (Å²) >= 11 is 12.2. The van der Waals surface area contributed by atoms with Crippen LogP contribution in [0.4, 0.5) is 0 Å². The molecule has 2 rings (SSSR count). The minimum absolute atomic E-state index is 0.198. The maximum absolute atomic E-state index is 6.28. The normalized spacial score (nSPS) is 12.5. The van der Waals surface area contributed by atoms with Gasteiger partial charge < -0.3 is 4.43 Å². The fraction of sp³-hybridized carbons (Fsp3) is 0.389. The van der Waals surface area contributed by atoms with Crippen molar-refractivity contribution in [3.8, 4) is 11.3 Å². The van der Waals surface area contributed by atoms with Crippen LogP contribution in [0.5, 0.6) is 0 Å². The standard InChI is InChI=1S/C18H23Cl2NOSi/c1-18(2,3)23(4,5)22-12-13-6-7-21-17(8-13)14-9-15(19)11-16(20)10-14/h6-11H,12H2,1-5H3. The molecule has 0 bridgehead atoms. The average molecular weight is 368 g/mol. The van der Waals surface area contributed by atoms with E-state index in [9.17, 15) is 0 Å². The number of benzene rings is 1. The Morgan fingerprint density at radius 3 is 2.22 bits per heavy atom. The highest BCUT2D eigenvalue weighted by atomic mass is 35.5. The van der Waals surface area contributed by atoms with Gasteiger partial charge in [-0.2, -0.15) is 0 Å². The second kappa shape index (κ2) is 6.94. The van der Waals surface area contributed by atoms with Crippen LogP contribution in [0, 0.1) is 0 Å². The molecule has 0 N–H and O–H groups in total. The number of pyridine rings is 1. The predicted octanol–water partition coefficient (Wildman–Crippen LogP) is 6.58. The van der Waals surface area contributed by atoms with Crippen molar-refractivity contribution >= 4 is 31.5 Å². The molecule has 0 aliphatic carbocycles. The van der Waals surface area contributed by atoms with E-state index in [1.54, 1.807) is 12.3 Å². The van der Waals surface area contributed by atoms with Crippen LogP contribution >= 0.6 is 23.2 Å². The third-order valence-corrected chi connectivity index (χ3v) is 9.30. The summed E-state index contributed by atoms with van der Waals surface area (Å²) in [6.07, 6.45) is 1.80. The van der Waals surface area contributed by atoms with Gasteiger partial charge in [0.2, 0.25) is 0 Å². The number of nitrogens with zero attached hydrogens (tertiary/aromatic N) is 1. The third kappa shape index (κ3) is 4.80. The van der Waals surface area contributed by atoms with Crippen molar-refractivity contribution in [2.24, 2.45) is 0 Å². The van der Waals surface area contributed by atoms with E-state index in [0.29, 0.717) is 16.7 Å². The second-order valence-corrected chi connectivity index (χ2v) is 12.9. The van der Waals surface area contributed by atoms with Gasteiger partial charge in [-0.3, -0.25) is 4.98 Å². The molecule has 5 heteroatoms. The smallest absolute Gasteiger partial charge is 0.192 e. The van der Waals surface area contributed by atoms with Gasteiger partial charge in [0.1, 0.15) is 0 Å². The molecule has 23 heavy (non-hydrogen) atoms. The molecular weight excluding hydrogens is 345 g/mol. The zero-order valence-electron chi connectivity index (χ0n) is 14.3. The molecule has 0 atom stereocenters. The summed E-state index contributed by atoms with van der Waals surface area (Å²) in [5.41, 5.74) is 2.87. The van der Waals surface area contributed by atoms with Gasteiger partial charge in [-0.1, -0.05) is 44.0 Å². The Morgan fingerprint density at radius 2 is 1.65 bits per heavy atom. The minimum atomic E-state index is -1.76. The van der Waals surface area contributed by atoms with Crippen molar-refractivity contribution in [2.75, 3.05) is 0 Å². The first-order chi connectivity index (χ1) is 10.6. The van der Waals surface area contributed by atoms with Crippen LogP contribution in [0.2, 0.25) is 28.2 Å². The van der Waals surface area contributed by atoms with Crippen molar-refractivity contribution in [3.63, 3.8) is 0 Å². The molecule has 0 saturated carbocycles. The number of halogens is 2. The molecule has 0 saturated heterocycles. The zero-order chi connectivity index (χ0) is 17.3. The maximum atomic E-state index is 6.28. The summed E-state index contributed by atoms with van der Waals surface area (Å²) in [6.45, 7) is 11.8. The van der Waals surface area contributed by atoms with E-state index < -0.39 is 8.32 Å². The molecular formula is C18H23Cl2NOSi. The van der Waals surface area contributed by atoms with E-state index in [1.165, 1.54) is 0 Å². The van der Waals surface area contributed by atoms with Gasteiger partial charge >= 0.3 is 0 Å². The van der Waals surface area contributed by atoms with Crippen LogP contribution < -0.4 is 0 Å². The largest absolute Gasteiger partial charge is 0.413 e. The average Bonchev–Trinajstić information content (AvgIpc) is 2.43. The molecule has 1 heterocycles. The van der Waals surface area contributed by atoms with E-state index in [0.717, 1.165) is 16.8 Å². The highest BCUT2D eigenvalue weighted by Crippen LogP contribution is 2.37. The van der Waals surface area contributed by atoms with E-state index in [4.69, 9.17) is 27.6 Å². The first-order valence-electron chi connectivity index (χ1n) is 7.64. The Balaban J connectivity index is 2.20. The first-order valence-corrected chi connectivity index (χ1v) is 11.3. The molecule has 0 aliphatic rings. The molecule has 0 spiro atoms. The lowest BCUT2D eigenvalue weighted by molar-refractivity contribution is 0.276. The van der Waals surface area contributed by atoms with E-state index in [2.05, 4.69) is 38.8 Å².